The van der Waals surface area contributed by atoms with Crippen LogP contribution in [0, 0.1) is 5.82 Å². The maximum Gasteiger partial charge on any atom is 0.171 e. The lowest BCUT2D eigenvalue weighted by molar-refractivity contribution is 0.309. The molecule has 0 atom stereocenters. The third-order valence-electron chi connectivity index (χ3n) is 3.03. The van der Waals surface area contributed by atoms with Crippen molar-refractivity contribution >= 4 is 5.82 Å². The maximum absolute atomic E-state index is 12.9. The lowest BCUT2D eigenvalue weighted by atomic mass is 10.1. The molecule has 0 saturated heterocycles. The number of benzene rings is 1. The number of ether oxygens (including phenoxy) is 1. The summed E-state index contributed by atoms with van der Waals surface area (Å²) < 4.78 is 18.4. The molecule has 0 amide bonds. The van der Waals surface area contributed by atoms with Crippen LogP contribution in [0.4, 0.5) is 10.2 Å². The minimum atomic E-state index is -0.239. The molecule has 1 aliphatic rings. The third-order valence-corrected chi connectivity index (χ3v) is 3.03. The molecule has 1 aromatic carbocycles. The number of hydrogen-bond acceptors (Lipinski definition) is 3. The van der Waals surface area contributed by atoms with E-state index in [9.17, 15) is 4.39 Å². The van der Waals surface area contributed by atoms with Gasteiger partial charge in [0.25, 0.3) is 0 Å². The quantitative estimate of drug-likeness (QED) is 0.771. The number of rotatable bonds is 1. The van der Waals surface area contributed by atoms with Crippen molar-refractivity contribution in [2.24, 2.45) is 0 Å². The fraction of sp³-hybridized carbons (Fsp3) is 0.214. The van der Waals surface area contributed by atoms with Gasteiger partial charge in [0.1, 0.15) is 12.4 Å². The molecule has 1 aromatic heterocycles. The Kier molecular flexibility index (Phi) is 2.63. The van der Waals surface area contributed by atoms with Gasteiger partial charge in [-0.25, -0.2) is 9.37 Å². The number of anilines is 1. The molecule has 4 heteroatoms. The molecular weight excluding hydrogens is 231 g/mol. The Morgan fingerprint density at radius 3 is 2.72 bits per heavy atom. The van der Waals surface area contributed by atoms with Crippen molar-refractivity contribution in [3.63, 3.8) is 0 Å². The van der Waals surface area contributed by atoms with Crippen LogP contribution in [-0.4, -0.2) is 25.2 Å². The fourth-order valence-electron chi connectivity index (χ4n) is 2.00. The predicted molar refractivity (Wildman–Crippen MR) is 68.4 cm³/mol. The van der Waals surface area contributed by atoms with E-state index in [1.807, 2.05) is 19.2 Å². The maximum atomic E-state index is 12.9. The molecule has 0 saturated carbocycles. The average Bonchev–Trinajstić information content (AvgIpc) is 2.40. The lowest BCUT2D eigenvalue weighted by Gasteiger charge is -2.26. The Morgan fingerprint density at radius 2 is 1.94 bits per heavy atom. The van der Waals surface area contributed by atoms with Crippen LogP contribution in [0.1, 0.15) is 0 Å². The van der Waals surface area contributed by atoms with Crippen molar-refractivity contribution in [1.29, 1.82) is 0 Å². The summed E-state index contributed by atoms with van der Waals surface area (Å²) in [7, 11) is 1.99. The molecule has 0 radical (unpaired) electrons. The highest BCUT2D eigenvalue weighted by Crippen LogP contribution is 2.31. The standard InChI is InChI=1S/C14H13FN2O/c1-17-8-9-18-13-7-6-12(16-14(13)17)10-2-4-11(15)5-3-10/h2-7H,8-9H2,1H3. The second-order valence-electron chi connectivity index (χ2n) is 4.30. The summed E-state index contributed by atoms with van der Waals surface area (Å²) in [6.07, 6.45) is 0. The van der Waals surface area contributed by atoms with E-state index in [0.29, 0.717) is 6.61 Å². The number of pyridine rings is 1. The van der Waals surface area contributed by atoms with Gasteiger partial charge >= 0.3 is 0 Å². The molecule has 0 spiro atoms. The zero-order chi connectivity index (χ0) is 12.5. The molecule has 2 heterocycles. The van der Waals surface area contributed by atoms with Crippen LogP contribution in [-0.2, 0) is 0 Å². The van der Waals surface area contributed by atoms with Crippen LogP contribution in [0.15, 0.2) is 36.4 Å². The van der Waals surface area contributed by atoms with E-state index in [1.54, 1.807) is 12.1 Å². The van der Waals surface area contributed by atoms with Crippen LogP contribution in [0.3, 0.4) is 0 Å². The van der Waals surface area contributed by atoms with Crippen LogP contribution < -0.4 is 9.64 Å². The fourth-order valence-corrected chi connectivity index (χ4v) is 2.00. The van der Waals surface area contributed by atoms with Crippen molar-refractivity contribution in [3.8, 4) is 17.0 Å². The van der Waals surface area contributed by atoms with Crippen molar-refractivity contribution in [3.05, 3.63) is 42.2 Å². The average molecular weight is 244 g/mol. The van der Waals surface area contributed by atoms with E-state index in [0.717, 1.165) is 29.4 Å². The minimum absolute atomic E-state index is 0.239. The second kappa shape index (κ2) is 4.29. The van der Waals surface area contributed by atoms with Crippen LogP contribution >= 0.6 is 0 Å². The molecule has 18 heavy (non-hydrogen) atoms. The van der Waals surface area contributed by atoms with Gasteiger partial charge in [-0.15, -0.1) is 0 Å². The Morgan fingerprint density at radius 1 is 1.17 bits per heavy atom. The number of halogens is 1. The summed E-state index contributed by atoms with van der Waals surface area (Å²) in [5, 5.41) is 0. The highest BCUT2D eigenvalue weighted by atomic mass is 19.1. The summed E-state index contributed by atoms with van der Waals surface area (Å²) in [4.78, 5) is 6.63. The van der Waals surface area contributed by atoms with Crippen molar-refractivity contribution in [1.82, 2.24) is 4.98 Å². The molecule has 2 aromatic rings. The summed E-state index contributed by atoms with van der Waals surface area (Å²) in [6.45, 7) is 1.51. The van der Waals surface area contributed by atoms with Crippen molar-refractivity contribution in [2.75, 3.05) is 25.1 Å². The van der Waals surface area contributed by atoms with E-state index in [-0.39, 0.29) is 5.82 Å². The third kappa shape index (κ3) is 1.90. The topological polar surface area (TPSA) is 25.4 Å². The van der Waals surface area contributed by atoms with Crippen LogP contribution in [0.25, 0.3) is 11.3 Å². The minimum Gasteiger partial charge on any atom is -0.488 e. The highest BCUT2D eigenvalue weighted by molar-refractivity contribution is 5.65. The molecule has 3 rings (SSSR count). The Labute approximate surface area is 105 Å². The van der Waals surface area contributed by atoms with Gasteiger partial charge in [0.05, 0.1) is 12.2 Å². The van der Waals surface area contributed by atoms with Gasteiger partial charge in [-0.1, -0.05) is 0 Å². The summed E-state index contributed by atoms with van der Waals surface area (Å²) in [6, 6.07) is 10.1. The number of likely N-dealkylation sites (N-methyl/N-ethyl adjacent to an activating group) is 1. The molecule has 0 bridgehead atoms. The zero-order valence-electron chi connectivity index (χ0n) is 10.1. The SMILES string of the molecule is CN1CCOc2ccc(-c3ccc(F)cc3)nc21. The van der Waals surface area contributed by atoms with Crippen LogP contribution in [0.2, 0.25) is 0 Å². The number of fused-ring (bicyclic) bond motifs is 1. The monoisotopic (exact) mass is 244 g/mol. The Bertz CT molecular complexity index is 569. The number of nitrogens with zero attached hydrogens (tertiary/aromatic N) is 2. The molecule has 0 fully saturated rings. The molecule has 1 aliphatic heterocycles. The van der Waals surface area contributed by atoms with Gasteiger partial charge in [-0.2, -0.15) is 0 Å². The van der Waals surface area contributed by atoms with E-state index in [4.69, 9.17) is 4.74 Å². The van der Waals surface area contributed by atoms with Crippen molar-refractivity contribution in [2.45, 2.75) is 0 Å². The van der Waals surface area contributed by atoms with Gasteiger partial charge in [0, 0.05) is 12.6 Å². The molecule has 0 aliphatic carbocycles. The zero-order valence-corrected chi connectivity index (χ0v) is 10.1. The molecule has 92 valence electrons. The van der Waals surface area contributed by atoms with Gasteiger partial charge in [-0.05, 0) is 36.4 Å². The summed E-state index contributed by atoms with van der Waals surface area (Å²) in [5.41, 5.74) is 1.73. The van der Waals surface area contributed by atoms with E-state index in [1.165, 1.54) is 12.1 Å². The number of hydrogen-bond donors (Lipinski definition) is 0. The van der Waals surface area contributed by atoms with Gasteiger partial charge < -0.3 is 9.64 Å². The molecular formula is C14H13FN2O. The predicted octanol–water partition coefficient (Wildman–Crippen LogP) is 2.72. The molecule has 3 nitrogen and oxygen atoms in total. The Balaban J connectivity index is 2.03. The van der Waals surface area contributed by atoms with Crippen molar-refractivity contribution < 1.29 is 9.13 Å². The first-order valence-electron chi connectivity index (χ1n) is 5.85. The summed E-state index contributed by atoms with van der Waals surface area (Å²) in [5.74, 6) is 1.40. The molecule has 0 unspecified atom stereocenters. The van der Waals surface area contributed by atoms with E-state index >= 15 is 0 Å². The second-order valence-corrected chi connectivity index (χ2v) is 4.30. The van der Waals surface area contributed by atoms with Gasteiger partial charge in [-0.3, -0.25) is 0 Å². The van der Waals surface area contributed by atoms with Gasteiger partial charge in [0.15, 0.2) is 11.6 Å². The first-order chi connectivity index (χ1) is 8.74. The number of aromatic nitrogens is 1. The van der Waals surface area contributed by atoms with Gasteiger partial charge in [0.2, 0.25) is 0 Å². The molecule has 0 N–H and O–H groups in total. The first kappa shape index (κ1) is 11.0. The first-order valence-corrected chi connectivity index (χ1v) is 5.85. The summed E-state index contributed by atoms with van der Waals surface area (Å²) >= 11 is 0. The normalized spacial score (nSPS) is 14.0. The lowest BCUT2D eigenvalue weighted by Crippen LogP contribution is -2.29. The van der Waals surface area contributed by atoms with E-state index in [2.05, 4.69) is 9.88 Å². The largest absolute Gasteiger partial charge is 0.488 e. The smallest absolute Gasteiger partial charge is 0.171 e. The Hall–Kier alpha value is -2.10. The highest BCUT2D eigenvalue weighted by Gasteiger charge is 2.17. The van der Waals surface area contributed by atoms with Crippen LogP contribution in [0.5, 0.6) is 5.75 Å². The van der Waals surface area contributed by atoms with E-state index < -0.39 is 0 Å².